The molecule has 0 atom stereocenters. The molecule has 7 aromatic rings. The maximum absolute atomic E-state index is 11.1. The quantitative estimate of drug-likeness (QED) is 0.0631. The molecule has 0 heterocycles. The van der Waals surface area contributed by atoms with Crippen LogP contribution in [-0.4, -0.2) is 22.2 Å². The van der Waals surface area contributed by atoms with Crippen molar-refractivity contribution < 1.29 is 19.8 Å². The number of hydrogen-bond acceptors (Lipinski definition) is 6. The van der Waals surface area contributed by atoms with Gasteiger partial charge in [-0.25, -0.2) is 9.59 Å². The van der Waals surface area contributed by atoms with Crippen LogP contribution in [0.4, 0.5) is 34.1 Å². The van der Waals surface area contributed by atoms with E-state index < -0.39 is 11.9 Å². The molecule has 2 N–H and O–H groups in total. The zero-order valence-electron chi connectivity index (χ0n) is 33.3. The molecule has 0 fully saturated rings. The van der Waals surface area contributed by atoms with Gasteiger partial charge in [0.2, 0.25) is 0 Å². The Morgan fingerprint density at radius 2 is 0.645 bits per heavy atom. The number of rotatable bonds is 14. The van der Waals surface area contributed by atoms with E-state index >= 15 is 0 Å². The van der Waals surface area contributed by atoms with Crippen LogP contribution in [0.5, 0.6) is 0 Å². The molecular weight excluding hydrogens is 769 g/mol. The Morgan fingerprint density at radius 1 is 0.387 bits per heavy atom. The average molecular weight is 807 g/mol. The molecule has 0 aromatic heterocycles. The Morgan fingerprint density at radius 3 is 0.919 bits per heavy atom. The van der Waals surface area contributed by atoms with Crippen molar-refractivity contribution in [1.29, 1.82) is 10.5 Å². The number of anilines is 6. The van der Waals surface area contributed by atoms with Crippen molar-refractivity contribution in [3.63, 3.8) is 0 Å². The lowest BCUT2D eigenvalue weighted by molar-refractivity contribution is -0.133. The first kappa shape index (κ1) is 41.2. The predicted molar refractivity (Wildman–Crippen MR) is 247 cm³/mol. The molecule has 0 aliphatic carbocycles. The van der Waals surface area contributed by atoms with Gasteiger partial charge in [0.25, 0.3) is 0 Å². The van der Waals surface area contributed by atoms with Crippen molar-refractivity contribution in [2.45, 2.75) is 0 Å². The monoisotopic (exact) mass is 806 g/mol. The lowest BCUT2D eigenvalue weighted by atomic mass is 9.99. The van der Waals surface area contributed by atoms with Gasteiger partial charge < -0.3 is 20.0 Å². The number of carbonyl (C=O) groups is 2. The number of aliphatic carboxylic acids is 2. The van der Waals surface area contributed by atoms with Crippen molar-refractivity contribution >= 4 is 58.2 Å². The van der Waals surface area contributed by atoms with E-state index in [0.29, 0.717) is 0 Å². The van der Waals surface area contributed by atoms with E-state index in [1.54, 1.807) is 36.4 Å². The average Bonchev–Trinajstić information content (AvgIpc) is 3.31. The van der Waals surface area contributed by atoms with Gasteiger partial charge in [0.1, 0.15) is 23.3 Å². The summed E-state index contributed by atoms with van der Waals surface area (Å²) in [5.74, 6) is -2.52. The summed E-state index contributed by atoms with van der Waals surface area (Å²) >= 11 is 0. The molecule has 298 valence electrons. The van der Waals surface area contributed by atoms with E-state index in [4.69, 9.17) is 20.7 Å². The first-order chi connectivity index (χ1) is 30.3. The van der Waals surface area contributed by atoms with Crippen LogP contribution >= 0.6 is 0 Å². The van der Waals surface area contributed by atoms with E-state index in [2.05, 4.69) is 107 Å². The molecule has 0 spiro atoms. The number of hydrogen-bond donors (Lipinski definition) is 2. The second-order valence-corrected chi connectivity index (χ2v) is 13.9. The van der Waals surface area contributed by atoms with Crippen LogP contribution in [0.25, 0.3) is 34.4 Å². The van der Waals surface area contributed by atoms with Crippen LogP contribution in [0, 0.1) is 22.7 Å². The minimum absolute atomic E-state index is 0.327. The van der Waals surface area contributed by atoms with Crippen LogP contribution in [0.3, 0.4) is 0 Å². The molecule has 8 heteroatoms. The van der Waals surface area contributed by atoms with Gasteiger partial charge in [0.05, 0.1) is 0 Å². The second kappa shape index (κ2) is 19.6. The van der Waals surface area contributed by atoms with Crippen LogP contribution in [0.15, 0.2) is 217 Å². The molecule has 0 saturated heterocycles. The zero-order chi connectivity index (χ0) is 43.3. The molecule has 0 bridgehead atoms. The van der Waals surface area contributed by atoms with Gasteiger partial charge in [-0.05, 0) is 118 Å². The van der Waals surface area contributed by atoms with E-state index in [1.165, 1.54) is 12.2 Å². The molecule has 0 amide bonds. The summed E-state index contributed by atoms with van der Waals surface area (Å²) in [4.78, 5) is 26.6. The third kappa shape index (κ3) is 9.99. The van der Waals surface area contributed by atoms with Gasteiger partial charge in [-0.15, -0.1) is 0 Å². The van der Waals surface area contributed by atoms with Crippen molar-refractivity contribution in [2.75, 3.05) is 9.80 Å². The first-order valence-electron chi connectivity index (χ1n) is 19.6. The molecule has 0 saturated carbocycles. The number of para-hydroxylation sites is 2. The summed E-state index contributed by atoms with van der Waals surface area (Å²) in [6.45, 7) is 0. The van der Waals surface area contributed by atoms with Gasteiger partial charge in [-0.1, -0.05) is 133 Å². The van der Waals surface area contributed by atoms with Crippen molar-refractivity contribution in [1.82, 2.24) is 0 Å². The number of carboxylic acids is 2. The highest BCUT2D eigenvalue weighted by atomic mass is 16.4. The molecule has 0 radical (unpaired) electrons. The fourth-order valence-electron chi connectivity index (χ4n) is 6.80. The first-order valence-corrected chi connectivity index (χ1v) is 19.6. The number of nitrogens with zero attached hydrogens (tertiary/aromatic N) is 4. The molecule has 0 unspecified atom stereocenters. The fourth-order valence-corrected chi connectivity index (χ4v) is 6.80. The van der Waals surface area contributed by atoms with Crippen molar-refractivity contribution in [3.8, 4) is 34.4 Å². The van der Waals surface area contributed by atoms with Gasteiger partial charge in [-0.3, -0.25) is 0 Å². The Bertz CT molecular complexity index is 2670. The number of benzene rings is 7. The molecule has 62 heavy (non-hydrogen) atoms. The highest BCUT2D eigenvalue weighted by Crippen LogP contribution is 2.38. The van der Waals surface area contributed by atoms with E-state index in [-0.39, 0.29) is 11.1 Å². The summed E-state index contributed by atoms with van der Waals surface area (Å²) in [5.41, 5.74) is 11.3. The summed E-state index contributed by atoms with van der Waals surface area (Å²) < 4.78 is 0. The maximum Gasteiger partial charge on any atom is 0.346 e. The minimum Gasteiger partial charge on any atom is -0.477 e. The molecule has 7 aromatic carbocycles. The fraction of sp³-hybridized carbons (Fsp3) is 0. The number of nitriles is 2. The topological polar surface area (TPSA) is 129 Å². The molecule has 0 aliphatic heterocycles. The Kier molecular flexibility index (Phi) is 13.1. The van der Waals surface area contributed by atoms with E-state index in [9.17, 15) is 9.59 Å². The summed E-state index contributed by atoms with van der Waals surface area (Å²) in [7, 11) is 0. The van der Waals surface area contributed by atoms with Gasteiger partial charge in [0.15, 0.2) is 0 Å². The molecule has 0 aliphatic rings. The second-order valence-electron chi connectivity index (χ2n) is 13.9. The van der Waals surface area contributed by atoms with Crippen LogP contribution in [-0.2, 0) is 9.59 Å². The highest BCUT2D eigenvalue weighted by Gasteiger charge is 2.15. The summed E-state index contributed by atoms with van der Waals surface area (Å²) in [5, 5.41) is 36.2. The largest absolute Gasteiger partial charge is 0.477 e. The van der Waals surface area contributed by atoms with Crippen molar-refractivity contribution in [2.24, 2.45) is 0 Å². The summed E-state index contributed by atoms with van der Waals surface area (Å²) in [6, 6.07) is 64.9. The predicted octanol–water partition coefficient (Wildman–Crippen LogP) is 13.1. The smallest absolute Gasteiger partial charge is 0.346 e. The van der Waals surface area contributed by atoms with Crippen LogP contribution in [0.1, 0.15) is 11.1 Å². The number of carboxylic acid groups (broad SMARTS) is 2. The molecule has 8 nitrogen and oxygen atoms in total. The van der Waals surface area contributed by atoms with Crippen LogP contribution < -0.4 is 9.80 Å². The van der Waals surface area contributed by atoms with Gasteiger partial charge in [0, 0.05) is 34.1 Å². The van der Waals surface area contributed by atoms with Gasteiger partial charge in [-0.2, -0.15) is 10.5 Å². The Hall–Kier alpha value is -8.98. The Balaban J connectivity index is 1.08. The normalized spacial score (nSPS) is 11.5. The third-order valence-corrected chi connectivity index (χ3v) is 9.94. The molecule has 7 rings (SSSR count). The zero-order valence-corrected chi connectivity index (χ0v) is 33.3. The minimum atomic E-state index is -1.26. The third-order valence-electron chi connectivity index (χ3n) is 9.94. The summed E-state index contributed by atoms with van der Waals surface area (Å²) in [6.07, 6.45) is 9.21. The lowest BCUT2D eigenvalue weighted by Gasteiger charge is -2.26. The van der Waals surface area contributed by atoms with E-state index in [1.807, 2.05) is 84.9 Å². The standard InChI is InChI=1S/C54H38N4O4/c55-37-45(53(59)60)11-7-9-39-17-29-49(30-18-39)57(47-13-3-1-4-14-47)51-33-25-43(26-34-51)41-21-23-42(24-22-41)44-27-35-52(36-28-44)58(48-15-5-2-6-16-48)50-31-19-40(20-32-50)10-8-12-46(38-56)54(61)62/h1-36H,(H,59,60)(H,61,62)/b9-7+,10-8+,45-11+,46-12+. The van der Waals surface area contributed by atoms with Gasteiger partial charge >= 0.3 is 11.9 Å². The lowest BCUT2D eigenvalue weighted by Crippen LogP contribution is -2.09. The number of allylic oxidation sites excluding steroid dienone is 4. The van der Waals surface area contributed by atoms with Crippen LogP contribution in [0.2, 0.25) is 0 Å². The van der Waals surface area contributed by atoms with E-state index in [0.717, 1.165) is 67.5 Å². The SMILES string of the molecule is N#C/C(=C\C=C\c1ccc(N(c2ccccc2)c2ccc(-c3ccc(-c4ccc(N(c5ccccc5)c5ccc(/C=C/C=C(\C#N)C(=O)O)cc5)cc4)cc3)cc2)cc1)C(=O)O. The molecular formula is C54H38N4O4. The Labute approximate surface area is 360 Å². The highest BCUT2D eigenvalue weighted by molar-refractivity contribution is 5.92. The van der Waals surface area contributed by atoms with Crippen molar-refractivity contribution in [3.05, 3.63) is 229 Å². The maximum atomic E-state index is 11.1.